The highest BCUT2D eigenvalue weighted by molar-refractivity contribution is 6.18. The lowest BCUT2D eigenvalue weighted by Crippen LogP contribution is -2.46. The Morgan fingerprint density at radius 2 is 2.00 bits per heavy atom. The minimum atomic E-state index is 0.00581. The van der Waals surface area contributed by atoms with E-state index in [1.165, 1.54) is 0 Å². The molecule has 2 amide bonds. The number of nitrogens with zero attached hydrogens (tertiary/aromatic N) is 1. The predicted octanol–water partition coefficient (Wildman–Crippen LogP) is 0.742. The Morgan fingerprint density at radius 3 is 2.47 bits per heavy atom. The standard InChI is InChI=1S/C10H17ClN2O2/c1-8(14)13-6-3-9(4-7-13)12-10(15)2-5-11/h9H,2-7H2,1H3,(H,12,15). The molecular weight excluding hydrogens is 216 g/mol. The van der Waals surface area contributed by atoms with Gasteiger partial charge in [0.25, 0.3) is 0 Å². The minimum Gasteiger partial charge on any atom is -0.353 e. The van der Waals surface area contributed by atoms with Crippen molar-refractivity contribution in [2.24, 2.45) is 0 Å². The molecule has 0 aromatic heterocycles. The largest absolute Gasteiger partial charge is 0.353 e. The van der Waals surface area contributed by atoms with Gasteiger partial charge in [-0.15, -0.1) is 11.6 Å². The molecule has 0 unspecified atom stereocenters. The van der Waals surface area contributed by atoms with Crippen molar-refractivity contribution in [2.75, 3.05) is 19.0 Å². The van der Waals surface area contributed by atoms with E-state index in [1.54, 1.807) is 6.92 Å². The molecule has 0 atom stereocenters. The molecule has 0 aliphatic carbocycles. The van der Waals surface area contributed by atoms with Gasteiger partial charge in [-0.25, -0.2) is 0 Å². The number of rotatable bonds is 3. The summed E-state index contributed by atoms with van der Waals surface area (Å²) < 4.78 is 0. The Labute approximate surface area is 95.0 Å². The van der Waals surface area contributed by atoms with Gasteiger partial charge in [0.05, 0.1) is 0 Å². The lowest BCUT2D eigenvalue weighted by Gasteiger charge is -2.31. The first kappa shape index (κ1) is 12.3. The molecule has 0 bridgehead atoms. The summed E-state index contributed by atoms with van der Waals surface area (Å²) in [6, 6.07) is 0.205. The molecule has 1 heterocycles. The number of carbonyl (C=O) groups is 2. The molecule has 0 aromatic carbocycles. The third-order valence-electron chi connectivity index (χ3n) is 2.63. The third-order valence-corrected chi connectivity index (χ3v) is 2.82. The van der Waals surface area contributed by atoms with Crippen LogP contribution in [-0.2, 0) is 9.59 Å². The minimum absolute atomic E-state index is 0.00581. The second kappa shape index (κ2) is 5.95. The molecule has 1 aliphatic heterocycles. The summed E-state index contributed by atoms with van der Waals surface area (Å²) in [6.07, 6.45) is 2.05. The Morgan fingerprint density at radius 1 is 1.40 bits per heavy atom. The summed E-state index contributed by atoms with van der Waals surface area (Å²) in [4.78, 5) is 24.1. The molecule has 1 rings (SSSR count). The summed E-state index contributed by atoms with van der Waals surface area (Å²) in [5.41, 5.74) is 0. The van der Waals surface area contributed by atoms with Gasteiger partial charge >= 0.3 is 0 Å². The van der Waals surface area contributed by atoms with E-state index in [0.717, 1.165) is 25.9 Å². The number of nitrogens with one attached hydrogen (secondary N) is 1. The zero-order valence-electron chi connectivity index (χ0n) is 8.96. The Hall–Kier alpha value is -0.770. The lowest BCUT2D eigenvalue weighted by molar-refractivity contribution is -0.130. The monoisotopic (exact) mass is 232 g/mol. The van der Waals surface area contributed by atoms with Crippen LogP contribution < -0.4 is 5.32 Å². The van der Waals surface area contributed by atoms with Gasteiger partial charge in [0.2, 0.25) is 11.8 Å². The van der Waals surface area contributed by atoms with E-state index in [0.29, 0.717) is 12.3 Å². The van der Waals surface area contributed by atoms with E-state index in [4.69, 9.17) is 11.6 Å². The number of amides is 2. The van der Waals surface area contributed by atoms with E-state index in [1.807, 2.05) is 4.90 Å². The molecular formula is C10H17ClN2O2. The molecule has 1 N–H and O–H groups in total. The van der Waals surface area contributed by atoms with Gasteiger partial charge in [-0.3, -0.25) is 9.59 Å². The van der Waals surface area contributed by atoms with Gasteiger partial charge < -0.3 is 10.2 Å². The zero-order valence-corrected chi connectivity index (χ0v) is 9.72. The Kier molecular flexibility index (Phi) is 4.88. The van der Waals surface area contributed by atoms with Crippen LogP contribution in [0.5, 0.6) is 0 Å². The normalized spacial score (nSPS) is 17.6. The molecule has 0 spiro atoms. The smallest absolute Gasteiger partial charge is 0.221 e. The van der Waals surface area contributed by atoms with E-state index in [9.17, 15) is 9.59 Å². The highest BCUT2D eigenvalue weighted by Gasteiger charge is 2.21. The first-order valence-corrected chi connectivity index (χ1v) is 5.77. The molecule has 1 saturated heterocycles. The number of carbonyl (C=O) groups excluding carboxylic acids is 2. The highest BCUT2D eigenvalue weighted by Crippen LogP contribution is 2.10. The fourth-order valence-corrected chi connectivity index (χ4v) is 1.90. The van der Waals surface area contributed by atoms with Crippen LogP contribution in [0.2, 0.25) is 0 Å². The molecule has 0 radical (unpaired) electrons. The fraction of sp³-hybridized carbons (Fsp3) is 0.800. The second-order valence-electron chi connectivity index (χ2n) is 3.79. The number of halogens is 1. The third kappa shape index (κ3) is 4.08. The van der Waals surface area contributed by atoms with E-state index >= 15 is 0 Å². The molecule has 86 valence electrons. The van der Waals surface area contributed by atoms with Crippen LogP contribution in [0.25, 0.3) is 0 Å². The first-order valence-electron chi connectivity index (χ1n) is 5.24. The maximum atomic E-state index is 11.3. The quantitative estimate of drug-likeness (QED) is 0.730. The van der Waals surface area contributed by atoms with Gasteiger partial charge in [-0.1, -0.05) is 0 Å². The van der Waals surface area contributed by atoms with Crippen molar-refractivity contribution in [1.29, 1.82) is 0 Å². The van der Waals surface area contributed by atoms with Crippen molar-refractivity contribution in [2.45, 2.75) is 32.2 Å². The maximum absolute atomic E-state index is 11.3. The van der Waals surface area contributed by atoms with Crippen molar-refractivity contribution < 1.29 is 9.59 Å². The van der Waals surface area contributed by atoms with E-state index < -0.39 is 0 Å². The average molecular weight is 233 g/mol. The van der Waals surface area contributed by atoms with Gasteiger partial charge in [-0.2, -0.15) is 0 Å². The Balaban J connectivity index is 2.25. The Bertz CT molecular complexity index is 238. The number of alkyl halides is 1. The number of likely N-dealkylation sites (tertiary alicyclic amines) is 1. The van der Waals surface area contributed by atoms with Gasteiger partial charge in [0.1, 0.15) is 0 Å². The summed E-state index contributed by atoms with van der Waals surface area (Å²) in [5.74, 6) is 0.477. The van der Waals surface area contributed by atoms with E-state index in [2.05, 4.69) is 5.32 Å². The summed E-state index contributed by atoms with van der Waals surface area (Å²) in [7, 11) is 0. The van der Waals surface area contributed by atoms with Crippen molar-refractivity contribution >= 4 is 23.4 Å². The topological polar surface area (TPSA) is 49.4 Å². The maximum Gasteiger partial charge on any atom is 0.221 e. The first-order chi connectivity index (χ1) is 7.13. The van der Waals surface area contributed by atoms with Gasteiger partial charge in [0.15, 0.2) is 0 Å². The molecule has 5 heteroatoms. The number of piperidine rings is 1. The van der Waals surface area contributed by atoms with Crippen LogP contribution in [0.15, 0.2) is 0 Å². The van der Waals surface area contributed by atoms with Gasteiger partial charge in [-0.05, 0) is 12.8 Å². The highest BCUT2D eigenvalue weighted by atomic mass is 35.5. The fourth-order valence-electron chi connectivity index (χ4n) is 1.72. The predicted molar refractivity (Wildman–Crippen MR) is 58.8 cm³/mol. The van der Waals surface area contributed by atoms with Crippen LogP contribution in [0.1, 0.15) is 26.2 Å². The van der Waals surface area contributed by atoms with Crippen molar-refractivity contribution in [3.8, 4) is 0 Å². The van der Waals surface area contributed by atoms with E-state index in [-0.39, 0.29) is 17.9 Å². The van der Waals surface area contributed by atoms with Gasteiger partial charge in [0, 0.05) is 38.4 Å². The molecule has 1 aliphatic rings. The van der Waals surface area contributed by atoms with Crippen molar-refractivity contribution in [3.63, 3.8) is 0 Å². The SMILES string of the molecule is CC(=O)N1CCC(NC(=O)CCCl)CC1. The summed E-state index contributed by atoms with van der Waals surface area (Å²) >= 11 is 5.47. The zero-order chi connectivity index (χ0) is 11.3. The summed E-state index contributed by atoms with van der Waals surface area (Å²) in [5, 5.41) is 2.92. The number of hydrogen-bond acceptors (Lipinski definition) is 2. The molecule has 4 nitrogen and oxygen atoms in total. The van der Waals surface area contributed by atoms with Crippen LogP contribution in [0, 0.1) is 0 Å². The second-order valence-corrected chi connectivity index (χ2v) is 4.16. The molecule has 15 heavy (non-hydrogen) atoms. The van der Waals surface area contributed by atoms with Crippen LogP contribution in [-0.4, -0.2) is 41.7 Å². The lowest BCUT2D eigenvalue weighted by atomic mass is 10.0. The summed E-state index contributed by atoms with van der Waals surface area (Å²) in [6.45, 7) is 3.05. The van der Waals surface area contributed by atoms with Crippen LogP contribution in [0.4, 0.5) is 0 Å². The molecule has 1 fully saturated rings. The molecule has 0 saturated carbocycles. The molecule has 0 aromatic rings. The van der Waals surface area contributed by atoms with Crippen LogP contribution >= 0.6 is 11.6 Å². The van der Waals surface area contributed by atoms with Crippen molar-refractivity contribution in [3.05, 3.63) is 0 Å². The van der Waals surface area contributed by atoms with Crippen LogP contribution in [0.3, 0.4) is 0 Å². The van der Waals surface area contributed by atoms with Crippen molar-refractivity contribution in [1.82, 2.24) is 10.2 Å². The average Bonchev–Trinajstić information content (AvgIpc) is 2.18. The number of hydrogen-bond donors (Lipinski definition) is 1.